The highest BCUT2D eigenvalue weighted by atomic mass is 32.7. The maximum Gasteiger partial charge on any atom is 0.472 e. The van der Waals surface area contributed by atoms with Gasteiger partial charge >= 0.3 is 14.6 Å². The number of H-pyrrole nitrogens is 1. The Labute approximate surface area is 273 Å². The maximum atomic E-state index is 13.7. The van der Waals surface area contributed by atoms with Crippen LogP contribution >= 0.6 is 38.4 Å². The van der Waals surface area contributed by atoms with E-state index in [0.29, 0.717) is 28.3 Å². The third-order valence-corrected chi connectivity index (χ3v) is 12.9. The summed E-state index contributed by atoms with van der Waals surface area (Å²) in [5.41, 5.74) is 5.33. The molecular formula is C24H28N8O11P2S2. The number of thiol groups is 1. The second kappa shape index (κ2) is 11.1. The zero-order chi connectivity index (χ0) is 33.0. The van der Waals surface area contributed by atoms with Crippen molar-refractivity contribution in [1.29, 1.82) is 0 Å². The molecule has 2 aliphatic heterocycles. The van der Waals surface area contributed by atoms with E-state index in [9.17, 15) is 29.0 Å². The van der Waals surface area contributed by atoms with Crippen molar-refractivity contribution in [3.8, 4) is 0 Å². The second-order valence-electron chi connectivity index (χ2n) is 12.0. The van der Waals surface area contributed by atoms with Crippen LogP contribution in [0, 0.1) is 24.7 Å². The smallest absolute Gasteiger partial charge is 0.396 e. The lowest BCUT2D eigenvalue weighted by Gasteiger charge is -2.30. The largest absolute Gasteiger partial charge is 0.472 e. The van der Waals surface area contributed by atoms with Crippen LogP contribution in [0.15, 0.2) is 17.4 Å². The van der Waals surface area contributed by atoms with Crippen molar-refractivity contribution in [2.75, 3.05) is 25.6 Å². The Kier molecular flexibility index (Phi) is 7.50. The molecule has 2 bridgehead atoms. The highest BCUT2D eigenvalue weighted by Crippen LogP contribution is 2.69. The van der Waals surface area contributed by atoms with E-state index in [1.54, 1.807) is 11.5 Å². The highest BCUT2D eigenvalue weighted by Gasteiger charge is 2.74. The fraction of sp³-hybridized carbons (Fsp3) is 0.583. The molecule has 4 aromatic rings. The summed E-state index contributed by atoms with van der Waals surface area (Å²) in [6.07, 6.45) is -2.99. The number of rotatable bonds is 3. The molecule has 4 fully saturated rings. The van der Waals surface area contributed by atoms with Gasteiger partial charge in [0.05, 0.1) is 42.7 Å². The number of hydrogen-bond acceptors (Lipinski definition) is 17. The van der Waals surface area contributed by atoms with Gasteiger partial charge in [0, 0.05) is 11.8 Å². The summed E-state index contributed by atoms with van der Waals surface area (Å²) in [6.45, 7) is -4.19. The first-order valence-corrected chi connectivity index (χ1v) is 19.4. The van der Waals surface area contributed by atoms with Crippen LogP contribution in [0.4, 0.5) is 5.82 Å². The van der Waals surface area contributed by atoms with Crippen molar-refractivity contribution < 1.29 is 47.1 Å². The monoisotopic (exact) mass is 730 g/mol. The molecule has 3 unspecified atom stereocenters. The van der Waals surface area contributed by atoms with Gasteiger partial charge in [-0.1, -0.05) is 12.2 Å². The van der Waals surface area contributed by atoms with Crippen LogP contribution in [0.3, 0.4) is 0 Å². The molecule has 0 radical (unpaired) electrons. The molecule has 4 aliphatic rings. The van der Waals surface area contributed by atoms with Gasteiger partial charge in [0.2, 0.25) is 0 Å². The molecule has 0 amide bonds. The number of phosphoric ester groups is 1. The van der Waals surface area contributed by atoms with Crippen LogP contribution in [0.2, 0.25) is 0 Å². The van der Waals surface area contributed by atoms with Gasteiger partial charge in [-0.05, 0) is 30.8 Å². The van der Waals surface area contributed by atoms with Gasteiger partial charge in [-0.15, -0.1) is 0 Å². The van der Waals surface area contributed by atoms with Gasteiger partial charge in [-0.2, -0.15) is 4.37 Å². The van der Waals surface area contributed by atoms with Gasteiger partial charge in [-0.25, -0.2) is 29.1 Å². The molecule has 11 atom stereocenters. The Bertz CT molecular complexity index is 2060. The number of anilines is 1. The molecule has 19 nitrogen and oxygen atoms in total. The van der Waals surface area contributed by atoms with Crippen molar-refractivity contribution in [1.82, 2.24) is 33.9 Å². The van der Waals surface area contributed by atoms with E-state index in [-0.39, 0.29) is 16.9 Å². The van der Waals surface area contributed by atoms with Gasteiger partial charge in [0.1, 0.15) is 47.6 Å². The predicted molar refractivity (Wildman–Crippen MR) is 164 cm³/mol. The number of aliphatic hydroxyl groups excluding tert-OH is 2. The minimum atomic E-state index is -4.92. The van der Waals surface area contributed by atoms with E-state index in [0.717, 1.165) is 11.5 Å². The summed E-state index contributed by atoms with van der Waals surface area (Å²) in [7, 11) is -4.92. The van der Waals surface area contributed by atoms with Crippen molar-refractivity contribution in [3.05, 3.63) is 33.7 Å². The summed E-state index contributed by atoms with van der Waals surface area (Å²) in [5.74, 6) is -1.76. The van der Waals surface area contributed by atoms with Gasteiger partial charge < -0.3 is 35.1 Å². The Morgan fingerprint density at radius 1 is 1.17 bits per heavy atom. The summed E-state index contributed by atoms with van der Waals surface area (Å²) in [5, 5.41) is 22.1. The number of nitrogens with one attached hydrogen (secondary N) is 1. The normalized spacial score (nSPS) is 40.4. The topological polar surface area (TPSA) is 269 Å². The average molecular weight is 731 g/mol. The number of aromatic amines is 1. The van der Waals surface area contributed by atoms with Crippen LogP contribution in [-0.2, 0) is 37.5 Å². The molecule has 6 heterocycles. The van der Waals surface area contributed by atoms with Crippen LogP contribution in [0.25, 0.3) is 22.2 Å². The first kappa shape index (κ1) is 31.9. The average Bonchev–Trinajstić information content (AvgIpc) is 3.30. The number of nitrogens with two attached hydrogens (primary N) is 1. The molecule has 2 saturated carbocycles. The van der Waals surface area contributed by atoms with Crippen molar-refractivity contribution >= 4 is 66.4 Å². The number of aliphatic hydroxyl groups is 2. The molecule has 252 valence electrons. The fourth-order valence-corrected chi connectivity index (χ4v) is 10.6. The first-order chi connectivity index (χ1) is 22.3. The molecule has 4 aromatic heterocycles. The number of imidazole rings is 1. The number of nitrogen functional groups attached to an aromatic ring is 1. The van der Waals surface area contributed by atoms with E-state index < -0.39 is 93.8 Å². The van der Waals surface area contributed by atoms with E-state index in [1.165, 1.54) is 12.7 Å². The number of nitrogens with zero attached hydrogens (tertiary/aromatic N) is 6. The van der Waals surface area contributed by atoms with Crippen LogP contribution in [0.1, 0.15) is 23.2 Å². The third kappa shape index (κ3) is 5.02. The highest BCUT2D eigenvalue weighted by molar-refractivity contribution is 8.44. The van der Waals surface area contributed by atoms with Crippen LogP contribution < -0.4 is 11.3 Å². The summed E-state index contributed by atoms with van der Waals surface area (Å²) in [6, 6.07) is 0. The molecule has 6 N–H and O–H groups in total. The maximum absolute atomic E-state index is 13.7. The van der Waals surface area contributed by atoms with Crippen molar-refractivity contribution in [2.24, 2.45) is 17.8 Å². The van der Waals surface area contributed by atoms with Crippen LogP contribution in [0.5, 0.6) is 0 Å². The van der Waals surface area contributed by atoms with E-state index in [1.807, 2.05) is 0 Å². The quantitative estimate of drug-likeness (QED) is 0.126. The lowest BCUT2D eigenvalue weighted by molar-refractivity contribution is -0.0355. The number of ether oxygens (including phenoxy) is 1. The van der Waals surface area contributed by atoms with Crippen molar-refractivity contribution in [3.63, 3.8) is 0 Å². The first-order valence-electron chi connectivity index (χ1n) is 14.4. The Hall–Kier alpha value is -2.39. The standard InChI is InChI=1S/C24H28N8O11P2S2/c1-8-29-13-14(23(35)30-8)31-47-19(13)18-16-9(3-33)12(41-18)5-40-45(38,46)43-17-10(4-39-44(36,37)42-16)11-2-24(11,20(17)34)32-7-28-15-21(25)26-6-27-22(15)32/h6-7,9-12,16-18,20,33-34H,2-5H2,1H3,(H,36,37)(H,38,46)(H2,25,26,27)(H,29,30,35)/t9-,10+,11+,12-,16-,17-,18-,20-,24?,45?/m1/s1. The lowest BCUT2D eigenvalue weighted by atomic mass is 9.96. The molecule has 23 heteroatoms. The van der Waals surface area contributed by atoms with Gasteiger partial charge in [-0.3, -0.25) is 22.9 Å². The molecule has 2 aliphatic carbocycles. The number of phosphoric acid groups is 1. The number of fused-ring (bicyclic) bond motifs is 7. The fourth-order valence-electron chi connectivity index (χ4n) is 7.24. The van der Waals surface area contributed by atoms with E-state index in [2.05, 4.69) is 41.5 Å². The van der Waals surface area contributed by atoms with Crippen LogP contribution in [-0.4, -0.2) is 93.2 Å². The molecule has 0 spiro atoms. The van der Waals surface area contributed by atoms with Gasteiger partial charge in [0.25, 0.3) is 5.56 Å². The second-order valence-corrected chi connectivity index (χ2v) is 17.0. The summed E-state index contributed by atoms with van der Waals surface area (Å²) in [4.78, 5) is 43.3. The molecule has 47 heavy (non-hydrogen) atoms. The number of aryl methyl sites for hydroxylation is 1. The molecule has 2 saturated heterocycles. The minimum absolute atomic E-state index is 0.0304. The number of hydrogen-bond donors (Lipinski definition) is 6. The zero-order valence-corrected chi connectivity index (χ0v) is 27.7. The van der Waals surface area contributed by atoms with Crippen molar-refractivity contribution in [2.45, 2.75) is 49.4 Å². The van der Waals surface area contributed by atoms with Gasteiger partial charge in [0.15, 0.2) is 17.0 Å². The molecule has 0 aromatic carbocycles. The SMILES string of the molecule is Cc1nc2c([C@@H]3O[C@@H]4COP(=O)(S)O[C@@H]5[C@@H](COP(=O)(O)O[C@@H]3[C@@H]4CO)[C@@H]3CC3(n3cnc4c(N)ncnc43)[C@@H]5O)snc2c(=O)[nH]1. The van der Waals surface area contributed by atoms with E-state index >= 15 is 0 Å². The minimum Gasteiger partial charge on any atom is -0.396 e. The zero-order valence-electron chi connectivity index (χ0n) is 24.2. The molecular weight excluding hydrogens is 702 g/mol. The van der Waals surface area contributed by atoms with E-state index in [4.69, 9.17) is 28.6 Å². The predicted octanol–water partition coefficient (Wildman–Crippen LogP) is 0.820. The Balaban J connectivity index is 1.15. The lowest BCUT2D eigenvalue weighted by Crippen LogP contribution is -2.40. The summed E-state index contributed by atoms with van der Waals surface area (Å²) >= 11 is 5.06. The molecule has 8 rings (SSSR count). The Morgan fingerprint density at radius 2 is 1.98 bits per heavy atom. The Morgan fingerprint density at radius 3 is 2.77 bits per heavy atom. The third-order valence-electron chi connectivity index (χ3n) is 9.41. The number of aromatic nitrogens is 7. The summed E-state index contributed by atoms with van der Waals surface area (Å²) < 4.78 is 62.0.